The van der Waals surface area contributed by atoms with Gasteiger partial charge in [0.05, 0.1) is 19.8 Å². The summed E-state index contributed by atoms with van der Waals surface area (Å²) in [4.78, 5) is 12.2. The second-order valence-electron chi connectivity index (χ2n) is 2.82. The Morgan fingerprint density at radius 3 is 2.50 bits per heavy atom. The minimum Gasteiger partial charge on any atom is -0.447 e. The number of rotatable bonds is 4. The van der Waals surface area contributed by atoms with E-state index < -0.39 is 13.7 Å². The standard InChI is InChI=1S/C9H14NO5P/c1-3-14-16(12,15-4-2)8-6-10-5-7-13-9(10)11/h3-5,7H2,1-2H3. The third-order valence-electron chi connectivity index (χ3n) is 1.68. The zero-order valence-electron chi connectivity index (χ0n) is 9.26. The highest BCUT2D eigenvalue weighted by atomic mass is 31.2. The van der Waals surface area contributed by atoms with Gasteiger partial charge in [0.25, 0.3) is 0 Å². The SMILES string of the molecule is CCOP(=O)(C#CN1CCOC1=O)OCC. The highest BCUT2D eigenvalue weighted by Crippen LogP contribution is 2.46. The molecule has 0 spiro atoms. The van der Waals surface area contributed by atoms with Gasteiger partial charge in [-0.25, -0.2) is 14.3 Å². The Labute approximate surface area is 94.4 Å². The molecule has 1 aliphatic rings. The van der Waals surface area contributed by atoms with Gasteiger partial charge in [-0.15, -0.1) is 0 Å². The number of carbonyl (C=O) groups is 1. The minimum atomic E-state index is -3.41. The fourth-order valence-electron chi connectivity index (χ4n) is 1.06. The van der Waals surface area contributed by atoms with Crippen LogP contribution >= 0.6 is 7.60 Å². The molecule has 0 aliphatic carbocycles. The molecule has 0 aromatic carbocycles. The molecule has 1 rings (SSSR count). The maximum absolute atomic E-state index is 11.9. The molecule has 0 radical (unpaired) electrons. The summed E-state index contributed by atoms with van der Waals surface area (Å²) >= 11 is 0. The molecule has 0 atom stereocenters. The van der Waals surface area contributed by atoms with E-state index >= 15 is 0 Å². The summed E-state index contributed by atoms with van der Waals surface area (Å²) in [6.45, 7) is 4.51. The number of ether oxygens (including phenoxy) is 1. The van der Waals surface area contributed by atoms with Crippen LogP contribution in [0.3, 0.4) is 0 Å². The van der Waals surface area contributed by atoms with Crippen molar-refractivity contribution in [1.29, 1.82) is 0 Å². The van der Waals surface area contributed by atoms with Crippen LogP contribution in [0.5, 0.6) is 0 Å². The summed E-state index contributed by atoms with van der Waals surface area (Å²) in [5.74, 6) is 0. The van der Waals surface area contributed by atoms with Crippen LogP contribution in [0.1, 0.15) is 13.8 Å². The van der Waals surface area contributed by atoms with E-state index in [1.807, 2.05) is 0 Å². The fourth-order valence-corrected chi connectivity index (χ4v) is 2.18. The first-order chi connectivity index (χ1) is 7.61. The van der Waals surface area contributed by atoms with Crippen LogP contribution in [-0.4, -0.2) is 37.4 Å². The van der Waals surface area contributed by atoms with Crippen molar-refractivity contribution in [2.45, 2.75) is 13.8 Å². The number of amides is 1. The van der Waals surface area contributed by atoms with Gasteiger partial charge >= 0.3 is 13.7 Å². The van der Waals surface area contributed by atoms with E-state index in [0.29, 0.717) is 13.2 Å². The quantitative estimate of drug-likeness (QED) is 0.558. The zero-order chi connectivity index (χ0) is 12.0. The monoisotopic (exact) mass is 247 g/mol. The first-order valence-corrected chi connectivity index (χ1v) is 6.52. The molecule has 0 saturated carbocycles. The van der Waals surface area contributed by atoms with Gasteiger partial charge in [0, 0.05) is 11.7 Å². The molecular formula is C9H14NO5P. The Morgan fingerprint density at radius 1 is 1.44 bits per heavy atom. The number of carbonyl (C=O) groups excluding carboxylic acids is 1. The first kappa shape index (κ1) is 13.0. The number of hydrogen-bond acceptors (Lipinski definition) is 5. The van der Waals surface area contributed by atoms with Crippen molar-refractivity contribution in [3.8, 4) is 11.7 Å². The summed E-state index contributed by atoms with van der Waals surface area (Å²) < 4.78 is 26.4. The van der Waals surface area contributed by atoms with E-state index in [9.17, 15) is 9.36 Å². The topological polar surface area (TPSA) is 65.1 Å². The highest BCUT2D eigenvalue weighted by molar-refractivity contribution is 7.59. The Bertz CT molecular complexity index is 349. The lowest BCUT2D eigenvalue weighted by Gasteiger charge is -2.10. The van der Waals surface area contributed by atoms with Crippen molar-refractivity contribution >= 4 is 13.7 Å². The van der Waals surface area contributed by atoms with Gasteiger partial charge in [-0.3, -0.25) is 9.05 Å². The van der Waals surface area contributed by atoms with E-state index in [1.54, 1.807) is 13.8 Å². The summed E-state index contributed by atoms with van der Waals surface area (Å²) in [7, 11) is -3.41. The number of cyclic esters (lactones) is 1. The average molecular weight is 247 g/mol. The molecular weight excluding hydrogens is 233 g/mol. The third-order valence-corrected chi connectivity index (χ3v) is 3.25. The molecule has 1 heterocycles. The summed E-state index contributed by atoms with van der Waals surface area (Å²) in [6, 6.07) is 2.44. The summed E-state index contributed by atoms with van der Waals surface area (Å²) in [5, 5.41) is 0. The maximum Gasteiger partial charge on any atom is 0.421 e. The molecule has 7 heteroatoms. The van der Waals surface area contributed by atoms with Gasteiger partial charge in [-0.05, 0) is 13.8 Å². The van der Waals surface area contributed by atoms with Crippen molar-refractivity contribution in [1.82, 2.24) is 4.90 Å². The van der Waals surface area contributed by atoms with Crippen LogP contribution in [0.15, 0.2) is 0 Å². The van der Waals surface area contributed by atoms with Gasteiger partial charge in [-0.2, -0.15) is 0 Å². The molecule has 0 aromatic rings. The predicted octanol–water partition coefficient (Wildman–Crippen LogP) is 1.62. The second-order valence-corrected chi connectivity index (χ2v) is 4.56. The molecule has 1 saturated heterocycles. The van der Waals surface area contributed by atoms with Crippen LogP contribution in [0.2, 0.25) is 0 Å². The van der Waals surface area contributed by atoms with Gasteiger partial charge in [0.1, 0.15) is 6.61 Å². The van der Waals surface area contributed by atoms with Crippen LogP contribution in [0.25, 0.3) is 0 Å². The van der Waals surface area contributed by atoms with Crippen molar-refractivity contribution < 1.29 is 23.1 Å². The van der Waals surface area contributed by atoms with Gasteiger partial charge in [0.2, 0.25) is 0 Å². The number of nitrogens with zero attached hydrogens (tertiary/aromatic N) is 1. The van der Waals surface area contributed by atoms with Gasteiger partial charge in [-0.1, -0.05) is 0 Å². The van der Waals surface area contributed by atoms with E-state index in [1.165, 1.54) is 0 Å². The Kier molecular flexibility index (Phi) is 4.81. The minimum absolute atomic E-state index is 0.233. The highest BCUT2D eigenvalue weighted by Gasteiger charge is 2.23. The lowest BCUT2D eigenvalue weighted by atomic mass is 10.7. The van der Waals surface area contributed by atoms with Gasteiger partial charge < -0.3 is 4.74 Å². The van der Waals surface area contributed by atoms with Crippen molar-refractivity contribution in [3.05, 3.63) is 0 Å². The summed E-state index contributed by atoms with van der Waals surface area (Å²) in [6.07, 6.45) is -0.535. The number of hydrogen-bond donors (Lipinski definition) is 0. The van der Waals surface area contributed by atoms with E-state index in [-0.39, 0.29) is 13.2 Å². The molecule has 1 aliphatic heterocycles. The Morgan fingerprint density at radius 2 is 2.06 bits per heavy atom. The smallest absolute Gasteiger partial charge is 0.421 e. The molecule has 0 aromatic heterocycles. The van der Waals surface area contributed by atoms with E-state index in [4.69, 9.17) is 9.05 Å². The Balaban J connectivity index is 2.71. The fraction of sp³-hybridized carbons (Fsp3) is 0.667. The normalized spacial score (nSPS) is 15.6. The maximum atomic E-state index is 11.9. The van der Waals surface area contributed by atoms with Crippen molar-refractivity contribution in [2.24, 2.45) is 0 Å². The molecule has 0 bridgehead atoms. The molecule has 16 heavy (non-hydrogen) atoms. The Hall–Kier alpha value is -1.02. The molecule has 0 N–H and O–H groups in total. The van der Waals surface area contributed by atoms with Crippen molar-refractivity contribution in [2.75, 3.05) is 26.4 Å². The zero-order valence-corrected chi connectivity index (χ0v) is 10.2. The van der Waals surface area contributed by atoms with Gasteiger partial charge in [0.15, 0.2) is 0 Å². The molecule has 6 nitrogen and oxygen atoms in total. The van der Waals surface area contributed by atoms with E-state index in [2.05, 4.69) is 16.4 Å². The van der Waals surface area contributed by atoms with Crippen LogP contribution < -0.4 is 0 Å². The molecule has 90 valence electrons. The first-order valence-electron chi connectivity index (χ1n) is 4.97. The molecule has 1 amide bonds. The van der Waals surface area contributed by atoms with Crippen LogP contribution in [0.4, 0.5) is 4.79 Å². The van der Waals surface area contributed by atoms with Crippen LogP contribution in [-0.2, 0) is 18.3 Å². The van der Waals surface area contributed by atoms with E-state index in [0.717, 1.165) is 4.90 Å². The largest absolute Gasteiger partial charge is 0.447 e. The van der Waals surface area contributed by atoms with Crippen LogP contribution in [0, 0.1) is 11.7 Å². The lowest BCUT2D eigenvalue weighted by Crippen LogP contribution is -2.17. The lowest BCUT2D eigenvalue weighted by molar-refractivity contribution is 0.167. The third kappa shape index (κ3) is 3.53. The predicted molar refractivity (Wildman–Crippen MR) is 56.7 cm³/mol. The summed E-state index contributed by atoms with van der Waals surface area (Å²) in [5.41, 5.74) is 2.36. The average Bonchev–Trinajstić information content (AvgIpc) is 2.62. The molecule has 0 unspecified atom stereocenters. The molecule has 1 fully saturated rings. The van der Waals surface area contributed by atoms with Crippen molar-refractivity contribution in [3.63, 3.8) is 0 Å². The second kappa shape index (κ2) is 5.90.